The summed E-state index contributed by atoms with van der Waals surface area (Å²) in [4.78, 5) is 0. The molecule has 0 radical (unpaired) electrons. The molecular weight excluding hydrogens is 224 g/mol. The molecule has 2 rings (SSSR count). The van der Waals surface area contributed by atoms with Gasteiger partial charge >= 0.3 is 0 Å². The highest BCUT2D eigenvalue weighted by atomic mass is 16.5. The largest absolute Gasteiger partial charge is 0.491 e. The van der Waals surface area contributed by atoms with E-state index in [1.54, 1.807) is 0 Å². The van der Waals surface area contributed by atoms with Crippen LogP contribution in [0.3, 0.4) is 0 Å². The number of hydrogen-bond acceptors (Lipinski definition) is 2. The first-order chi connectivity index (χ1) is 8.49. The number of ether oxygens (including phenoxy) is 1. The Morgan fingerprint density at radius 3 is 2.22 bits per heavy atom. The second-order valence-electron chi connectivity index (χ2n) is 5.91. The number of hydrogen-bond donors (Lipinski definition) is 1. The lowest BCUT2D eigenvalue weighted by atomic mass is 9.76. The van der Waals surface area contributed by atoms with Crippen LogP contribution in [0.5, 0.6) is 5.75 Å². The molecule has 0 saturated heterocycles. The van der Waals surface area contributed by atoms with Crippen LogP contribution in [-0.4, -0.2) is 11.2 Å². The molecule has 0 spiro atoms. The molecule has 2 heteroatoms. The van der Waals surface area contributed by atoms with E-state index in [0.717, 1.165) is 42.9 Å². The van der Waals surface area contributed by atoms with E-state index in [-0.39, 0.29) is 6.10 Å². The predicted molar refractivity (Wildman–Crippen MR) is 73.7 cm³/mol. The Labute approximate surface area is 110 Å². The first-order valence-electron chi connectivity index (χ1n) is 6.99. The summed E-state index contributed by atoms with van der Waals surface area (Å²) in [5, 5.41) is 10.7. The van der Waals surface area contributed by atoms with Gasteiger partial charge in [0.2, 0.25) is 0 Å². The van der Waals surface area contributed by atoms with Gasteiger partial charge in [-0.25, -0.2) is 0 Å². The first-order valence-corrected chi connectivity index (χ1v) is 6.99. The first kappa shape index (κ1) is 13.4. The van der Waals surface area contributed by atoms with Crippen LogP contribution in [-0.2, 0) is 5.60 Å². The maximum Gasteiger partial charge on any atom is 0.119 e. The fourth-order valence-electron chi connectivity index (χ4n) is 2.64. The van der Waals surface area contributed by atoms with Gasteiger partial charge in [0, 0.05) is 0 Å². The molecule has 0 bridgehead atoms. The summed E-state index contributed by atoms with van der Waals surface area (Å²) >= 11 is 0. The third-order valence-corrected chi connectivity index (χ3v) is 3.86. The fourth-order valence-corrected chi connectivity index (χ4v) is 2.64. The van der Waals surface area contributed by atoms with Crippen molar-refractivity contribution in [3.05, 3.63) is 29.8 Å². The SMILES string of the molecule is CC1CCC(O)(c2ccc(OC(C)C)cc2)CC1. The highest BCUT2D eigenvalue weighted by molar-refractivity contribution is 5.31. The minimum Gasteiger partial charge on any atom is -0.491 e. The summed E-state index contributed by atoms with van der Waals surface area (Å²) < 4.78 is 5.62. The van der Waals surface area contributed by atoms with Gasteiger partial charge in [0.15, 0.2) is 0 Å². The zero-order chi connectivity index (χ0) is 13.2. The molecule has 0 aliphatic heterocycles. The van der Waals surface area contributed by atoms with Gasteiger partial charge in [0.05, 0.1) is 11.7 Å². The highest BCUT2D eigenvalue weighted by Crippen LogP contribution is 2.39. The Bertz CT molecular complexity index is 373. The third kappa shape index (κ3) is 3.05. The van der Waals surface area contributed by atoms with Crippen molar-refractivity contribution in [3.8, 4) is 5.75 Å². The summed E-state index contributed by atoms with van der Waals surface area (Å²) in [5.41, 5.74) is 0.411. The molecule has 1 fully saturated rings. The number of benzene rings is 1. The standard InChI is InChI=1S/C16H24O2/c1-12(2)18-15-6-4-14(5-7-15)16(17)10-8-13(3)9-11-16/h4-7,12-13,17H,8-11H2,1-3H3. The van der Waals surface area contributed by atoms with Gasteiger partial charge in [-0.05, 0) is 63.1 Å². The lowest BCUT2D eigenvalue weighted by Gasteiger charge is -2.35. The molecule has 1 aromatic carbocycles. The maximum absolute atomic E-state index is 10.7. The molecule has 100 valence electrons. The minimum absolute atomic E-state index is 0.189. The second kappa shape index (κ2) is 5.31. The molecule has 2 nitrogen and oxygen atoms in total. The quantitative estimate of drug-likeness (QED) is 0.879. The van der Waals surface area contributed by atoms with Gasteiger partial charge < -0.3 is 9.84 Å². The molecule has 0 atom stereocenters. The molecule has 1 saturated carbocycles. The molecule has 1 aliphatic carbocycles. The van der Waals surface area contributed by atoms with Crippen LogP contribution in [0.2, 0.25) is 0 Å². The van der Waals surface area contributed by atoms with Gasteiger partial charge in [0.25, 0.3) is 0 Å². The lowest BCUT2D eigenvalue weighted by Crippen LogP contribution is -2.30. The van der Waals surface area contributed by atoms with E-state index in [1.807, 2.05) is 38.1 Å². The molecule has 0 unspecified atom stereocenters. The zero-order valence-corrected chi connectivity index (χ0v) is 11.6. The Morgan fingerprint density at radius 2 is 1.72 bits per heavy atom. The number of rotatable bonds is 3. The zero-order valence-electron chi connectivity index (χ0n) is 11.6. The van der Waals surface area contributed by atoms with Gasteiger partial charge in [-0.2, -0.15) is 0 Å². The van der Waals surface area contributed by atoms with E-state index in [0.29, 0.717) is 0 Å². The molecule has 1 N–H and O–H groups in total. The third-order valence-electron chi connectivity index (χ3n) is 3.86. The molecule has 0 heterocycles. The van der Waals surface area contributed by atoms with Crippen LogP contribution in [0.4, 0.5) is 0 Å². The molecule has 0 aromatic heterocycles. The van der Waals surface area contributed by atoms with Crippen LogP contribution in [0.25, 0.3) is 0 Å². The van der Waals surface area contributed by atoms with Crippen LogP contribution >= 0.6 is 0 Å². The van der Waals surface area contributed by atoms with E-state index >= 15 is 0 Å². The molecule has 1 aliphatic rings. The van der Waals surface area contributed by atoms with Crippen LogP contribution in [0.1, 0.15) is 52.0 Å². The Morgan fingerprint density at radius 1 is 1.17 bits per heavy atom. The van der Waals surface area contributed by atoms with E-state index < -0.39 is 5.60 Å². The van der Waals surface area contributed by atoms with Crippen LogP contribution < -0.4 is 4.74 Å². The smallest absolute Gasteiger partial charge is 0.119 e. The summed E-state index contributed by atoms with van der Waals surface area (Å²) in [6, 6.07) is 7.94. The molecule has 0 amide bonds. The molecule has 1 aromatic rings. The lowest BCUT2D eigenvalue weighted by molar-refractivity contribution is -0.0120. The summed E-state index contributed by atoms with van der Waals surface area (Å²) in [7, 11) is 0. The summed E-state index contributed by atoms with van der Waals surface area (Å²) in [5.74, 6) is 1.62. The van der Waals surface area contributed by atoms with Crippen molar-refractivity contribution in [2.45, 2.75) is 58.2 Å². The summed E-state index contributed by atoms with van der Waals surface area (Å²) in [6.07, 6.45) is 4.16. The fraction of sp³-hybridized carbons (Fsp3) is 0.625. The Kier molecular flexibility index (Phi) is 3.96. The second-order valence-corrected chi connectivity index (χ2v) is 5.91. The topological polar surface area (TPSA) is 29.5 Å². The molecule has 18 heavy (non-hydrogen) atoms. The van der Waals surface area contributed by atoms with E-state index in [9.17, 15) is 5.11 Å². The monoisotopic (exact) mass is 248 g/mol. The average molecular weight is 248 g/mol. The van der Waals surface area contributed by atoms with Crippen molar-refractivity contribution < 1.29 is 9.84 Å². The van der Waals surface area contributed by atoms with Gasteiger partial charge in [0.1, 0.15) is 5.75 Å². The van der Waals surface area contributed by atoms with Crippen LogP contribution in [0, 0.1) is 5.92 Å². The molecular formula is C16H24O2. The number of aliphatic hydroxyl groups is 1. The van der Waals surface area contributed by atoms with Gasteiger partial charge in [-0.15, -0.1) is 0 Å². The van der Waals surface area contributed by atoms with E-state index in [1.165, 1.54) is 0 Å². The average Bonchev–Trinajstić information content (AvgIpc) is 2.33. The summed E-state index contributed by atoms with van der Waals surface area (Å²) in [6.45, 7) is 6.30. The van der Waals surface area contributed by atoms with Crippen molar-refractivity contribution in [1.29, 1.82) is 0 Å². The minimum atomic E-state index is -0.622. The Hall–Kier alpha value is -1.02. The van der Waals surface area contributed by atoms with Gasteiger partial charge in [-0.3, -0.25) is 0 Å². The van der Waals surface area contributed by atoms with E-state index in [2.05, 4.69) is 6.92 Å². The van der Waals surface area contributed by atoms with Crippen molar-refractivity contribution in [2.75, 3.05) is 0 Å². The van der Waals surface area contributed by atoms with Crippen molar-refractivity contribution in [3.63, 3.8) is 0 Å². The predicted octanol–water partition coefficient (Wildman–Crippen LogP) is 3.87. The van der Waals surface area contributed by atoms with E-state index in [4.69, 9.17) is 4.74 Å². The van der Waals surface area contributed by atoms with Crippen molar-refractivity contribution in [1.82, 2.24) is 0 Å². The van der Waals surface area contributed by atoms with Gasteiger partial charge in [-0.1, -0.05) is 19.1 Å². The van der Waals surface area contributed by atoms with Crippen LogP contribution in [0.15, 0.2) is 24.3 Å². The maximum atomic E-state index is 10.7. The highest BCUT2D eigenvalue weighted by Gasteiger charge is 2.33. The van der Waals surface area contributed by atoms with Crippen molar-refractivity contribution in [2.24, 2.45) is 5.92 Å². The normalized spacial score (nSPS) is 28.4. The Balaban J connectivity index is 2.09. The van der Waals surface area contributed by atoms with Crippen molar-refractivity contribution >= 4 is 0 Å².